The van der Waals surface area contributed by atoms with E-state index < -0.39 is 0 Å². The number of amides is 2. The van der Waals surface area contributed by atoms with Crippen LogP contribution >= 0.6 is 11.8 Å². The molecule has 0 atom stereocenters. The van der Waals surface area contributed by atoms with E-state index in [2.05, 4.69) is 20.8 Å². The topological polar surface area (TPSA) is 88.9 Å². The Kier molecular flexibility index (Phi) is 6.13. The number of carbonyl (C=O) groups excluding carboxylic acids is 2. The Morgan fingerprint density at radius 1 is 1.03 bits per heavy atom. The van der Waals surface area contributed by atoms with Crippen molar-refractivity contribution in [3.8, 4) is 5.69 Å². The van der Waals surface area contributed by atoms with Crippen molar-refractivity contribution in [1.29, 1.82) is 0 Å². The molecular weight excluding hydrogens is 398 g/mol. The van der Waals surface area contributed by atoms with Crippen LogP contribution in [0.3, 0.4) is 0 Å². The molecule has 4 rings (SSSR count). The third-order valence-electron chi connectivity index (χ3n) is 4.64. The van der Waals surface area contributed by atoms with E-state index in [1.54, 1.807) is 0 Å². The molecule has 1 aliphatic carbocycles. The number of benzene rings is 2. The van der Waals surface area contributed by atoms with E-state index in [0.29, 0.717) is 18.1 Å². The van der Waals surface area contributed by atoms with Gasteiger partial charge in [-0.3, -0.25) is 14.2 Å². The number of carbonyl (C=O) groups is 2. The van der Waals surface area contributed by atoms with E-state index in [9.17, 15) is 9.59 Å². The van der Waals surface area contributed by atoms with Crippen LogP contribution in [0.25, 0.3) is 5.69 Å². The second-order valence-electron chi connectivity index (χ2n) is 7.19. The quantitative estimate of drug-likeness (QED) is 0.532. The van der Waals surface area contributed by atoms with Crippen LogP contribution in [0, 0.1) is 0 Å². The van der Waals surface area contributed by atoms with Crippen LogP contribution in [0.15, 0.2) is 59.8 Å². The molecule has 2 aromatic carbocycles. The maximum atomic E-state index is 12.2. The number of nitrogens with one attached hydrogen (secondary N) is 2. The molecule has 3 aromatic rings. The lowest BCUT2D eigenvalue weighted by Gasteiger charge is -2.12. The summed E-state index contributed by atoms with van der Waals surface area (Å²) in [7, 11) is 0. The Bertz CT molecular complexity index is 1050. The van der Waals surface area contributed by atoms with Gasteiger partial charge in [-0.05, 0) is 43.2 Å². The van der Waals surface area contributed by atoms with Gasteiger partial charge in [0.25, 0.3) is 0 Å². The lowest BCUT2D eigenvalue weighted by Crippen LogP contribution is -2.12. The van der Waals surface area contributed by atoms with Crippen LogP contribution in [0.5, 0.6) is 0 Å². The second kappa shape index (κ2) is 9.13. The highest BCUT2D eigenvalue weighted by atomic mass is 32.2. The van der Waals surface area contributed by atoms with Gasteiger partial charge in [-0.1, -0.05) is 36.0 Å². The van der Waals surface area contributed by atoms with Crippen LogP contribution in [0.1, 0.15) is 37.9 Å². The largest absolute Gasteiger partial charge is 0.326 e. The minimum Gasteiger partial charge on any atom is -0.326 e. The zero-order chi connectivity index (χ0) is 20.9. The van der Waals surface area contributed by atoms with Crippen molar-refractivity contribution < 1.29 is 9.59 Å². The van der Waals surface area contributed by atoms with Gasteiger partial charge >= 0.3 is 0 Å². The van der Waals surface area contributed by atoms with Crippen LogP contribution in [-0.4, -0.2) is 32.3 Å². The first-order valence-electron chi connectivity index (χ1n) is 9.91. The van der Waals surface area contributed by atoms with Gasteiger partial charge < -0.3 is 10.6 Å². The second-order valence-corrected chi connectivity index (χ2v) is 8.26. The number of hydrogen-bond donors (Lipinski definition) is 2. The number of aromatic nitrogens is 3. The first-order valence-corrected chi connectivity index (χ1v) is 10.9. The molecule has 154 valence electrons. The standard InChI is InChI=1S/C22H23N5O2S/c1-15(28)23-18-8-5-9-19(14-18)27-21(16-10-11-16)25-26-22(27)30-13-12-20(29)24-17-6-3-2-4-7-17/h2-9,14,16H,10-13H2,1H3,(H,23,28)(H,24,29). The van der Waals surface area contributed by atoms with Crippen LogP contribution in [-0.2, 0) is 9.59 Å². The highest BCUT2D eigenvalue weighted by molar-refractivity contribution is 7.99. The van der Waals surface area contributed by atoms with E-state index in [1.807, 2.05) is 59.2 Å². The summed E-state index contributed by atoms with van der Waals surface area (Å²) in [6, 6.07) is 17.1. The van der Waals surface area contributed by atoms with Crippen LogP contribution in [0.2, 0.25) is 0 Å². The molecule has 2 amide bonds. The van der Waals surface area contributed by atoms with Crippen molar-refractivity contribution in [2.24, 2.45) is 0 Å². The van der Waals surface area contributed by atoms with Crippen molar-refractivity contribution in [1.82, 2.24) is 14.8 Å². The number of nitrogens with zero attached hydrogens (tertiary/aromatic N) is 3. The summed E-state index contributed by atoms with van der Waals surface area (Å²) in [5, 5.41) is 15.3. The summed E-state index contributed by atoms with van der Waals surface area (Å²) >= 11 is 1.51. The van der Waals surface area contributed by atoms with E-state index >= 15 is 0 Å². The molecule has 7 nitrogen and oxygen atoms in total. The third-order valence-corrected chi connectivity index (χ3v) is 5.57. The number of para-hydroxylation sites is 1. The summed E-state index contributed by atoms with van der Waals surface area (Å²) < 4.78 is 2.04. The SMILES string of the molecule is CC(=O)Nc1cccc(-n2c(SCCC(=O)Nc3ccccc3)nnc2C2CC2)c1. The molecule has 0 bridgehead atoms. The lowest BCUT2D eigenvalue weighted by atomic mass is 10.2. The Hall–Kier alpha value is -3.13. The smallest absolute Gasteiger partial charge is 0.225 e. The molecule has 1 saturated carbocycles. The zero-order valence-corrected chi connectivity index (χ0v) is 17.5. The highest BCUT2D eigenvalue weighted by Gasteiger charge is 2.31. The van der Waals surface area contributed by atoms with Gasteiger partial charge in [0.1, 0.15) is 5.82 Å². The summed E-state index contributed by atoms with van der Waals surface area (Å²) in [6.45, 7) is 1.49. The predicted octanol–water partition coefficient (Wildman–Crippen LogP) is 4.22. The van der Waals surface area contributed by atoms with Gasteiger partial charge in [0, 0.05) is 36.4 Å². The van der Waals surface area contributed by atoms with Gasteiger partial charge in [0.2, 0.25) is 11.8 Å². The molecule has 1 heterocycles. The van der Waals surface area contributed by atoms with Crippen molar-refractivity contribution >= 4 is 35.0 Å². The molecule has 0 radical (unpaired) electrons. The molecule has 1 aromatic heterocycles. The molecule has 0 aliphatic heterocycles. The number of hydrogen-bond acceptors (Lipinski definition) is 5. The molecule has 30 heavy (non-hydrogen) atoms. The summed E-state index contributed by atoms with van der Waals surface area (Å²) in [4.78, 5) is 23.6. The van der Waals surface area contributed by atoms with E-state index in [4.69, 9.17) is 0 Å². The summed E-state index contributed by atoms with van der Waals surface area (Å²) in [6.07, 6.45) is 2.58. The van der Waals surface area contributed by atoms with Crippen molar-refractivity contribution in [2.75, 3.05) is 16.4 Å². The number of thioether (sulfide) groups is 1. The fraction of sp³-hybridized carbons (Fsp3) is 0.273. The highest BCUT2D eigenvalue weighted by Crippen LogP contribution is 2.41. The minimum absolute atomic E-state index is 0.0326. The molecule has 2 N–H and O–H groups in total. The average molecular weight is 422 g/mol. The molecule has 1 aliphatic rings. The molecule has 0 unspecified atom stereocenters. The molecule has 0 spiro atoms. The number of anilines is 2. The number of rotatable bonds is 8. The van der Waals surface area contributed by atoms with Crippen molar-refractivity contribution in [3.05, 3.63) is 60.4 Å². The summed E-state index contributed by atoms with van der Waals surface area (Å²) in [5.74, 6) is 1.79. The molecule has 0 saturated heterocycles. The van der Waals surface area contributed by atoms with Gasteiger partial charge in [-0.2, -0.15) is 0 Å². The maximum Gasteiger partial charge on any atom is 0.225 e. The fourth-order valence-electron chi connectivity index (χ4n) is 3.13. The van der Waals surface area contributed by atoms with Gasteiger partial charge in [0.15, 0.2) is 5.16 Å². The fourth-order valence-corrected chi connectivity index (χ4v) is 4.03. The van der Waals surface area contributed by atoms with Crippen molar-refractivity contribution in [2.45, 2.75) is 37.3 Å². The average Bonchev–Trinajstić information content (AvgIpc) is 3.48. The zero-order valence-electron chi connectivity index (χ0n) is 16.7. The monoisotopic (exact) mass is 421 g/mol. The van der Waals surface area contributed by atoms with Crippen molar-refractivity contribution in [3.63, 3.8) is 0 Å². The first-order chi connectivity index (χ1) is 14.6. The van der Waals surface area contributed by atoms with Crippen LogP contribution < -0.4 is 10.6 Å². The van der Waals surface area contributed by atoms with E-state index in [-0.39, 0.29) is 11.8 Å². The Labute approximate surface area is 179 Å². The summed E-state index contributed by atoms with van der Waals surface area (Å²) in [5.41, 5.74) is 2.43. The Morgan fingerprint density at radius 3 is 2.53 bits per heavy atom. The molecule has 8 heteroatoms. The normalized spacial score (nSPS) is 13.1. The minimum atomic E-state index is -0.114. The maximum absolute atomic E-state index is 12.2. The van der Waals surface area contributed by atoms with E-state index in [0.717, 1.165) is 40.9 Å². The van der Waals surface area contributed by atoms with Crippen LogP contribution in [0.4, 0.5) is 11.4 Å². The molecule has 1 fully saturated rings. The van der Waals surface area contributed by atoms with Gasteiger partial charge in [0.05, 0.1) is 5.69 Å². The third kappa shape index (κ3) is 5.07. The predicted molar refractivity (Wildman–Crippen MR) is 118 cm³/mol. The van der Waals surface area contributed by atoms with Gasteiger partial charge in [-0.25, -0.2) is 0 Å². The van der Waals surface area contributed by atoms with E-state index in [1.165, 1.54) is 18.7 Å². The van der Waals surface area contributed by atoms with Gasteiger partial charge in [-0.15, -0.1) is 10.2 Å². The Balaban J connectivity index is 1.46. The molecular formula is C22H23N5O2S. The Morgan fingerprint density at radius 2 is 1.80 bits per heavy atom. The first kappa shape index (κ1) is 20.2. The lowest BCUT2D eigenvalue weighted by molar-refractivity contribution is -0.116.